The number of fused-ring (bicyclic) bond motifs is 2. The highest BCUT2D eigenvalue weighted by atomic mass is 16.5. The summed E-state index contributed by atoms with van der Waals surface area (Å²) in [5.41, 5.74) is 3.78. The topological polar surface area (TPSA) is 85.6 Å². The summed E-state index contributed by atoms with van der Waals surface area (Å²) in [6.45, 7) is 4.47. The van der Waals surface area contributed by atoms with Gasteiger partial charge in [0.05, 0.1) is 12.1 Å². The van der Waals surface area contributed by atoms with Crippen LogP contribution in [-0.2, 0) is 17.9 Å². The van der Waals surface area contributed by atoms with Crippen LogP contribution < -0.4 is 10.9 Å². The van der Waals surface area contributed by atoms with Gasteiger partial charge in [0.15, 0.2) is 0 Å². The second kappa shape index (κ2) is 8.26. The number of carbonyl (C=O) groups excluding carboxylic acids is 1. The summed E-state index contributed by atoms with van der Waals surface area (Å²) in [6.07, 6.45) is 5.12. The largest absolute Gasteiger partial charge is 0.380 e. The van der Waals surface area contributed by atoms with Crippen molar-refractivity contribution in [1.29, 1.82) is 0 Å². The van der Waals surface area contributed by atoms with Crippen molar-refractivity contribution in [3.05, 3.63) is 94.2 Å². The van der Waals surface area contributed by atoms with Crippen LogP contribution in [0.5, 0.6) is 0 Å². The van der Waals surface area contributed by atoms with Crippen molar-refractivity contribution in [3.8, 4) is 0 Å². The predicted molar refractivity (Wildman–Crippen MR) is 115 cm³/mol. The maximum atomic E-state index is 12.6. The predicted octanol–water partition coefficient (Wildman–Crippen LogP) is 2.96. The summed E-state index contributed by atoms with van der Waals surface area (Å²) in [5.74, 6) is -0.412. The van der Waals surface area contributed by atoms with Crippen LogP contribution in [0.2, 0.25) is 0 Å². The summed E-state index contributed by atoms with van der Waals surface area (Å²) < 4.78 is 6.69. The molecule has 0 atom stereocenters. The minimum atomic E-state index is -0.412. The van der Waals surface area contributed by atoms with E-state index in [2.05, 4.69) is 21.9 Å². The van der Waals surface area contributed by atoms with Gasteiger partial charge in [-0.1, -0.05) is 18.7 Å². The third kappa shape index (κ3) is 3.83. The maximum absolute atomic E-state index is 12.6. The molecule has 3 aromatic heterocycles. The summed E-state index contributed by atoms with van der Waals surface area (Å²) >= 11 is 0. The summed E-state index contributed by atoms with van der Waals surface area (Å²) in [7, 11) is 1.63. The second-order valence-corrected chi connectivity index (χ2v) is 6.82. The van der Waals surface area contributed by atoms with Crippen molar-refractivity contribution in [2.45, 2.75) is 13.2 Å². The molecular weight excluding hydrogens is 380 g/mol. The van der Waals surface area contributed by atoms with Crippen LogP contribution in [0.4, 0.5) is 0 Å². The van der Waals surface area contributed by atoms with Gasteiger partial charge in [0.2, 0.25) is 0 Å². The van der Waals surface area contributed by atoms with Gasteiger partial charge in [0.25, 0.3) is 11.5 Å². The van der Waals surface area contributed by atoms with Crippen LogP contribution in [0.25, 0.3) is 22.6 Å². The molecule has 0 radical (unpaired) electrons. The fraction of sp³-hybridized carbons (Fsp3) is 0.130. The normalized spacial score (nSPS) is 11.0. The van der Waals surface area contributed by atoms with Gasteiger partial charge in [0, 0.05) is 43.1 Å². The van der Waals surface area contributed by atoms with Crippen LogP contribution in [0.1, 0.15) is 27.2 Å². The molecular formula is C23H20N4O3. The van der Waals surface area contributed by atoms with Crippen LogP contribution in [0.15, 0.2) is 66.2 Å². The summed E-state index contributed by atoms with van der Waals surface area (Å²) in [5, 5.41) is 3.78. The molecule has 0 saturated heterocycles. The van der Waals surface area contributed by atoms with Crippen LogP contribution >= 0.6 is 0 Å². The van der Waals surface area contributed by atoms with Gasteiger partial charge in [-0.2, -0.15) is 0 Å². The van der Waals surface area contributed by atoms with E-state index in [0.717, 1.165) is 27.6 Å². The van der Waals surface area contributed by atoms with E-state index in [9.17, 15) is 9.59 Å². The van der Waals surface area contributed by atoms with E-state index in [1.165, 1.54) is 10.5 Å². The number of aromatic nitrogens is 3. The van der Waals surface area contributed by atoms with Crippen molar-refractivity contribution >= 4 is 28.5 Å². The van der Waals surface area contributed by atoms with Crippen molar-refractivity contribution in [3.63, 3.8) is 0 Å². The smallest absolute Gasteiger partial charge is 0.270 e. The number of methoxy groups -OCH3 is 1. The van der Waals surface area contributed by atoms with Crippen LogP contribution in [0, 0.1) is 0 Å². The molecule has 0 bridgehead atoms. The number of nitrogens with zero attached hydrogens (tertiary/aromatic N) is 3. The first-order chi connectivity index (χ1) is 14.6. The molecule has 4 rings (SSSR count). The molecule has 7 nitrogen and oxygen atoms in total. The minimum absolute atomic E-state index is 0.0831. The molecule has 7 heteroatoms. The van der Waals surface area contributed by atoms with Gasteiger partial charge < -0.3 is 10.1 Å². The Balaban J connectivity index is 1.62. The Morgan fingerprint density at radius 2 is 2.13 bits per heavy atom. The first-order valence-electron chi connectivity index (χ1n) is 9.38. The number of benzene rings is 1. The first kappa shape index (κ1) is 19.5. The Morgan fingerprint density at radius 3 is 2.93 bits per heavy atom. The number of rotatable bonds is 6. The van der Waals surface area contributed by atoms with Gasteiger partial charge in [-0.05, 0) is 41.5 Å². The quantitative estimate of drug-likeness (QED) is 0.538. The Morgan fingerprint density at radius 1 is 1.27 bits per heavy atom. The van der Waals surface area contributed by atoms with E-state index in [1.807, 2.05) is 18.2 Å². The lowest BCUT2D eigenvalue weighted by molar-refractivity contribution is 0.0946. The van der Waals surface area contributed by atoms with Gasteiger partial charge in [-0.15, -0.1) is 0 Å². The maximum Gasteiger partial charge on any atom is 0.270 e. The van der Waals surface area contributed by atoms with E-state index in [4.69, 9.17) is 4.74 Å². The minimum Gasteiger partial charge on any atom is -0.380 e. The van der Waals surface area contributed by atoms with Gasteiger partial charge in [-0.25, -0.2) is 4.98 Å². The summed E-state index contributed by atoms with van der Waals surface area (Å²) in [6, 6.07) is 12.3. The molecule has 4 aromatic rings. The van der Waals surface area contributed by atoms with Crippen LogP contribution in [-0.4, -0.2) is 27.4 Å². The highest BCUT2D eigenvalue weighted by Crippen LogP contribution is 2.22. The number of carbonyl (C=O) groups is 1. The average molecular weight is 400 g/mol. The SMILES string of the molecule is C=Cc1cnc2c(COC)cc(CNC(=O)c3cc(=O)n4ccccc4n3)cc2c1. The lowest BCUT2D eigenvalue weighted by atomic mass is 10.0. The lowest BCUT2D eigenvalue weighted by Crippen LogP contribution is -2.27. The molecule has 0 aliphatic heterocycles. The molecule has 0 fully saturated rings. The van der Waals surface area contributed by atoms with Gasteiger partial charge in [0.1, 0.15) is 11.3 Å². The monoisotopic (exact) mass is 400 g/mol. The molecule has 0 aliphatic rings. The van der Waals surface area contributed by atoms with Gasteiger partial charge in [-0.3, -0.25) is 19.0 Å². The third-order valence-corrected chi connectivity index (χ3v) is 4.74. The van der Waals surface area contributed by atoms with Gasteiger partial charge >= 0.3 is 0 Å². The third-order valence-electron chi connectivity index (χ3n) is 4.74. The highest BCUT2D eigenvalue weighted by molar-refractivity contribution is 5.92. The number of hydrogen-bond donors (Lipinski definition) is 1. The van der Waals surface area contributed by atoms with Crippen molar-refractivity contribution < 1.29 is 9.53 Å². The number of ether oxygens (including phenoxy) is 1. The van der Waals surface area contributed by atoms with E-state index in [1.54, 1.807) is 43.8 Å². The van der Waals surface area contributed by atoms with E-state index >= 15 is 0 Å². The zero-order valence-corrected chi connectivity index (χ0v) is 16.5. The molecule has 0 saturated carbocycles. The highest BCUT2D eigenvalue weighted by Gasteiger charge is 2.12. The molecule has 0 spiro atoms. The Bertz CT molecular complexity index is 1330. The number of pyridine rings is 2. The first-order valence-corrected chi connectivity index (χ1v) is 9.38. The molecule has 30 heavy (non-hydrogen) atoms. The van der Waals surface area contributed by atoms with E-state index in [-0.39, 0.29) is 17.8 Å². The molecule has 0 unspecified atom stereocenters. The fourth-order valence-corrected chi connectivity index (χ4v) is 3.33. The molecule has 1 aromatic carbocycles. The number of amides is 1. The van der Waals surface area contributed by atoms with Crippen LogP contribution in [0.3, 0.4) is 0 Å². The number of nitrogens with one attached hydrogen (secondary N) is 1. The summed E-state index contributed by atoms with van der Waals surface area (Å²) in [4.78, 5) is 33.6. The average Bonchev–Trinajstić information content (AvgIpc) is 2.77. The van der Waals surface area contributed by atoms with Crippen molar-refractivity contribution in [1.82, 2.24) is 19.7 Å². The fourth-order valence-electron chi connectivity index (χ4n) is 3.33. The molecule has 3 heterocycles. The second-order valence-electron chi connectivity index (χ2n) is 6.82. The number of hydrogen-bond acceptors (Lipinski definition) is 5. The lowest BCUT2D eigenvalue weighted by Gasteiger charge is -2.11. The van der Waals surface area contributed by atoms with Crippen molar-refractivity contribution in [2.24, 2.45) is 0 Å². The van der Waals surface area contributed by atoms with E-state index < -0.39 is 5.91 Å². The molecule has 1 amide bonds. The molecule has 150 valence electrons. The zero-order chi connectivity index (χ0) is 21.1. The Labute approximate surface area is 172 Å². The standard InChI is InChI=1S/C23H20N4O3/c1-3-15-8-17-9-16(10-18(14-30-2)22(17)24-12-15)13-25-23(29)19-11-21(28)27-7-5-4-6-20(27)26-19/h3-12H,1,13-14H2,2H3,(H,25,29). The Hall–Kier alpha value is -3.84. The zero-order valence-electron chi connectivity index (χ0n) is 16.5. The van der Waals surface area contributed by atoms with E-state index in [0.29, 0.717) is 12.3 Å². The Kier molecular flexibility index (Phi) is 5.36. The molecule has 0 aliphatic carbocycles. The molecule has 1 N–H and O–H groups in total. The van der Waals surface area contributed by atoms with Crippen molar-refractivity contribution in [2.75, 3.05) is 7.11 Å².